The van der Waals surface area contributed by atoms with E-state index in [-0.39, 0.29) is 17.0 Å². The van der Waals surface area contributed by atoms with Gasteiger partial charge in [-0.3, -0.25) is 14.8 Å². The maximum absolute atomic E-state index is 12.5. The zero-order chi connectivity index (χ0) is 20.4. The van der Waals surface area contributed by atoms with E-state index in [1.54, 1.807) is 18.5 Å². The van der Waals surface area contributed by atoms with Crippen molar-refractivity contribution in [3.63, 3.8) is 0 Å². The van der Waals surface area contributed by atoms with E-state index in [1.165, 1.54) is 6.07 Å². The number of pyridine rings is 1. The molecule has 2 aromatic rings. The molecular weight excluding hydrogens is 370 g/mol. The van der Waals surface area contributed by atoms with E-state index >= 15 is 0 Å². The standard InChI is InChI=1S/C21H25N5O3/c1-15-11-23-16(12-22-15)13-26-14-21(6-5-19(26)27)7-9-25(10-8-21)18-4-2-3-17(24-18)20(28)29/h2-4,11-12H,5-10,13-14H2,1H3,(H,28,29). The van der Waals surface area contributed by atoms with Gasteiger partial charge in [0.25, 0.3) is 0 Å². The topological polar surface area (TPSA) is 99.5 Å². The third-order valence-corrected chi connectivity index (χ3v) is 6.04. The van der Waals surface area contributed by atoms with Crippen LogP contribution >= 0.6 is 0 Å². The molecule has 2 aliphatic heterocycles. The largest absolute Gasteiger partial charge is 0.477 e. The van der Waals surface area contributed by atoms with Crippen molar-refractivity contribution in [3.8, 4) is 0 Å². The van der Waals surface area contributed by atoms with Crippen molar-refractivity contribution in [2.75, 3.05) is 24.5 Å². The van der Waals surface area contributed by atoms with Crippen molar-refractivity contribution in [1.82, 2.24) is 19.9 Å². The van der Waals surface area contributed by atoms with Crippen molar-refractivity contribution < 1.29 is 14.7 Å². The lowest BCUT2D eigenvalue weighted by molar-refractivity contribution is -0.139. The molecule has 2 aliphatic rings. The third kappa shape index (κ3) is 4.21. The molecule has 8 heteroatoms. The number of carbonyl (C=O) groups excluding carboxylic acids is 1. The number of likely N-dealkylation sites (tertiary alicyclic amines) is 1. The van der Waals surface area contributed by atoms with Crippen LogP contribution in [0.4, 0.5) is 5.82 Å². The molecule has 2 saturated heterocycles. The summed E-state index contributed by atoms with van der Waals surface area (Å²) in [5.74, 6) is -0.129. The second-order valence-corrected chi connectivity index (χ2v) is 8.07. The van der Waals surface area contributed by atoms with Gasteiger partial charge in [-0.15, -0.1) is 0 Å². The summed E-state index contributed by atoms with van der Waals surface area (Å²) >= 11 is 0. The molecule has 1 amide bonds. The number of carboxylic acids is 1. The highest BCUT2D eigenvalue weighted by Gasteiger charge is 2.41. The van der Waals surface area contributed by atoms with E-state index in [9.17, 15) is 9.59 Å². The van der Waals surface area contributed by atoms with Crippen LogP contribution in [0.25, 0.3) is 0 Å². The molecule has 0 bridgehead atoms. The van der Waals surface area contributed by atoms with Crippen LogP contribution in [0.5, 0.6) is 0 Å². The zero-order valence-corrected chi connectivity index (χ0v) is 16.5. The smallest absolute Gasteiger partial charge is 0.354 e. The highest BCUT2D eigenvalue weighted by atomic mass is 16.4. The van der Waals surface area contributed by atoms with Crippen molar-refractivity contribution >= 4 is 17.7 Å². The summed E-state index contributed by atoms with van der Waals surface area (Å²) in [5, 5.41) is 9.17. The number of anilines is 1. The molecule has 0 saturated carbocycles. The average molecular weight is 395 g/mol. The lowest BCUT2D eigenvalue weighted by Crippen LogP contribution is -2.51. The number of hydrogen-bond acceptors (Lipinski definition) is 6. The van der Waals surface area contributed by atoms with Crippen LogP contribution < -0.4 is 4.90 Å². The molecule has 8 nitrogen and oxygen atoms in total. The van der Waals surface area contributed by atoms with Crippen LogP contribution in [0.1, 0.15) is 47.6 Å². The lowest BCUT2D eigenvalue weighted by Gasteiger charge is -2.47. The molecule has 29 heavy (non-hydrogen) atoms. The van der Waals surface area contributed by atoms with Gasteiger partial charge in [0, 0.05) is 32.3 Å². The number of rotatable bonds is 4. The fraction of sp³-hybridized carbons (Fsp3) is 0.476. The SMILES string of the molecule is Cc1cnc(CN2CC3(CCC2=O)CCN(c2cccc(C(=O)O)n2)CC3)cn1. The van der Waals surface area contributed by atoms with Crippen LogP contribution in [0.2, 0.25) is 0 Å². The number of nitrogens with zero attached hydrogens (tertiary/aromatic N) is 5. The molecule has 152 valence electrons. The monoisotopic (exact) mass is 395 g/mol. The molecule has 0 radical (unpaired) electrons. The van der Waals surface area contributed by atoms with E-state index in [0.29, 0.717) is 18.8 Å². The Bertz CT molecular complexity index is 907. The summed E-state index contributed by atoms with van der Waals surface area (Å²) in [4.78, 5) is 40.7. The highest BCUT2D eigenvalue weighted by Crippen LogP contribution is 2.41. The summed E-state index contributed by atoms with van der Waals surface area (Å²) in [6.07, 6.45) is 6.85. The van der Waals surface area contributed by atoms with Gasteiger partial charge in [0.05, 0.1) is 24.1 Å². The Balaban J connectivity index is 1.42. The van der Waals surface area contributed by atoms with Crippen molar-refractivity contribution in [2.24, 2.45) is 5.41 Å². The van der Waals surface area contributed by atoms with Crippen LogP contribution in [0.3, 0.4) is 0 Å². The summed E-state index contributed by atoms with van der Waals surface area (Å²) in [7, 11) is 0. The van der Waals surface area contributed by atoms with E-state index in [0.717, 1.165) is 50.3 Å². The van der Waals surface area contributed by atoms with E-state index in [2.05, 4.69) is 19.9 Å². The molecule has 1 N–H and O–H groups in total. The second kappa shape index (κ2) is 7.77. The van der Waals surface area contributed by atoms with Gasteiger partial charge in [-0.25, -0.2) is 9.78 Å². The van der Waals surface area contributed by atoms with Gasteiger partial charge in [-0.1, -0.05) is 6.07 Å². The van der Waals surface area contributed by atoms with Gasteiger partial charge in [0.2, 0.25) is 5.91 Å². The zero-order valence-electron chi connectivity index (χ0n) is 16.5. The van der Waals surface area contributed by atoms with Gasteiger partial charge in [-0.2, -0.15) is 0 Å². The van der Waals surface area contributed by atoms with Crippen LogP contribution in [0.15, 0.2) is 30.6 Å². The minimum atomic E-state index is -1.01. The number of piperidine rings is 2. The van der Waals surface area contributed by atoms with Crippen molar-refractivity contribution in [3.05, 3.63) is 47.7 Å². The molecule has 0 unspecified atom stereocenters. The summed E-state index contributed by atoms with van der Waals surface area (Å²) in [6.45, 7) is 4.75. The van der Waals surface area contributed by atoms with Gasteiger partial charge in [-0.05, 0) is 43.7 Å². The van der Waals surface area contributed by atoms with Crippen LogP contribution in [-0.2, 0) is 11.3 Å². The third-order valence-electron chi connectivity index (χ3n) is 6.04. The highest BCUT2D eigenvalue weighted by molar-refractivity contribution is 5.85. The molecular formula is C21H25N5O3. The molecule has 2 aromatic heterocycles. The first-order valence-corrected chi connectivity index (χ1v) is 9.95. The number of hydrogen-bond donors (Lipinski definition) is 1. The lowest BCUT2D eigenvalue weighted by atomic mass is 9.72. The van der Waals surface area contributed by atoms with E-state index in [4.69, 9.17) is 5.11 Å². The predicted octanol–water partition coefficient (Wildman–Crippen LogP) is 2.29. The van der Waals surface area contributed by atoms with Crippen molar-refractivity contribution in [1.29, 1.82) is 0 Å². The Morgan fingerprint density at radius 2 is 1.97 bits per heavy atom. The number of aromatic nitrogens is 3. The minimum Gasteiger partial charge on any atom is -0.477 e. The summed E-state index contributed by atoms with van der Waals surface area (Å²) in [5.41, 5.74) is 1.85. The predicted molar refractivity (Wildman–Crippen MR) is 106 cm³/mol. The van der Waals surface area contributed by atoms with Crippen LogP contribution in [0, 0.1) is 12.3 Å². The average Bonchev–Trinajstić information content (AvgIpc) is 2.73. The molecule has 4 rings (SSSR count). The molecule has 0 atom stereocenters. The van der Waals surface area contributed by atoms with E-state index in [1.807, 2.05) is 17.9 Å². The molecule has 2 fully saturated rings. The Morgan fingerprint density at radius 3 is 2.66 bits per heavy atom. The summed E-state index contributed by atoms with van der Waals surface area (Å²) < 4.78 is 0. The molecule has 4 heterocycles. The molecule has 0 aromatic carbocycles. The normalized spacial score (nSPS) is 18.9. The van der Waals surface area contributed by atoms with Crippen LogP contribution in [-0.4, -0.2) is 56.5 Å². The second-order valence-electron chi connectivity index (χ2n) is 8.07. The van der Waals surface area contributed by atoms with Crippen molar-refractivity contribution in [2.45, 2.75) is 39.2 Å². The Kier molecular flexibility index (Phi) is 5.17. The van der Waals surface area contributed by atoms with Gasteiger partial charge in [0.1, 0.15) is 5.82 Å². The van der Waals surface area contributed by atoms with E-state index < -0.39 is 5.97 Å². The number of aryl methyl sites for hydroxylation is 1. The maximum Gasteiger partial charge on any atom is 0.354 e. The summed E-state index contributed by atoms with van der Waals surface area (Å²) in [6, 6.07) is 5.10. The van der Waals surface area contributed by atoms with Gasteiger partial charge < -0.3 is 14.9 Å². The quantitative estimate of drug-likeness (QED) is 0.848. The number of carboxylic acid groups (broad SMARTS) is 1. The van der Waals surface area contributed by atoms with Gasteiger partial charge in [0.15, 0.2) is 5.69 Å². The first kappa shape index (κ1) is 19.3. The fourth-order valence-corrected chi connectivity index (χ4v) is 4.28. The number of aromatic carboxylic acids is 1. The minimum absolute atomic E-state index is 0.0661. The Labute approximate surface area is 169 Å². The fourth-order valence-electron chi connectivity index (χ4n) is 4.28. The first-order chi connectivity index (χ1) is 13.9. The molecule has 0 aliphatic carbocycles. The molecule has 1 spiro atoms. The van der Waals surface area contributed by atoms with Gasteiger partial charge >= 0.3 is 5.97 Å². The Morgan fingerprint density at radius 1 is 1.17 bits per heavy atom. The Hall–Kier alpha value is -3.03. The number of amides is 1. The number of carbonyl (C=O) groups is 2. The first-order valence-electron chi connectivity index (χ1n) is 9.95. The maximum atomic E-state index is 12.5.